The van der Waals surface area contributed by atoms with Crippen molar-refractivity contribution in [1.82, 2.24) is 10.2 Å². The summed E-state index contributed by atoms with van der Waals surface area (Å²) in [6, 6.07) is 18.4. The van der Waals surface area contributed by atoms with E-state index >= 15 is 0 Å². The average Bonchev–Trinajstić information content (AvgIpc) is 3.25. The predicted octanol–water partition coefficient (Wildman–Crippen LogP) is 4.36. The Morgan fingerprint density at radius 3 is 2.66 bits per heavy atom. The summed E-state index contributed by atoms with van der Waals surface area (Å²) < 4.78 is 19.3. The molecule has 1 aliphatic heterocycles. The molecule has 1 atom stereocenters. The molecule has 2 aromatic carbocycles. The molecule has 1 amide bonds. The number of thiophene rings is 1. The lowest BCUT2D eigenvalue weighted by Gasteiger charge is -2.35. The maximum atomic E-state index is 13.8. The van der Waals surface area contributed by atoms with Gasteiger partial charge in [0.05, 0.1) is 24.1 Å². The van der Waals surface area contributed by atoms with Gasteiger partial charge >= 0.3 is 0 Å². The highest BCUT2D eigenvalue weighted by atomic mass is 32.1. The number of halogens is 1. The van der Waals surface area contributed by atoms with E-state index < -0.39 is 0 Å². The fourth-order valence-corrected chi connectivity index (χ4v) is 4.49. The van der Waals surface area contributed by atoms with Crippen LogP contribution in [0.25, 0.3) is 11.1 Å². The summed E-state index contributed by atoms with van der Waals surface area (Å²) in [5.41, 5.74) is 2.82. The van der Waals surface area contributed by atoms with Crippen molar-refractivity contribution in [2.24, 2.45) is 0 Å². The largest absolute Gasteiger partial charge is 0.379 e. The van der Waals surface area contributed by atoms with Crippen LogP contribution in [-0.2, 0) is 4.74 Å². The molecule has 0 spiro atoms. The number of benzene rings is 2. The first kappa shape index (κ1) is 19.8. The third kappa shape index (κ3) is 4.72. The molecule has 2 heterocycles. The molecule has 4 nitrogen and oxygen atoms in total. The van der Waals surface area contributed by atoms with Gasteiger partial charge in [-0.2, -0.15) is 0 Å². The molecular formula is C23H23FN2O2S. The third-order valence-corrected chi connectivity index (χ3v) is 6.05. The predicted molar refractivity (Wildman–Crippen MR) is 114 cm³/mol. The molecule has 6 heteroatoms. The minimum absolute atomic E-state index is 0.0984. The van der Waals surface area contributed by atoms with Gasteiger partial charge in [0, 0.05) is 25.2 Å². The summed E-state index contributed by atoms with van der Waals surface area (Å²) in [5.74, 6) is -0.370. The van der Waals surface area contributed by atoms with Gasteiger partial charge in [0.25, 0.3) is 5.91 Å². The lowest BCUT2D eigenvalue weighted by molar-refractivity contribution is 0.0162. The zero-order chi connectivity index (χ0) is 20.1. The second-order valence-corrected chi connectivity index (χ2v) is 7.87. The van der Waals surface area contributed by atoms with Crippen LogP contribution >= 0.6 is 11.3 Å². The zero-order valence-electron chi connectivity index (χ0n) is 16.0. The normalized spacial score (nSPS) is 15.8. The molecule has 150 valence electrons. The number of nitrogens with one attached hydrogen (secondary N) is 1. The smallest absolute Gasteiger partial charge is 0.262 e. The molecule has 1 fully saturated rings. The molecule has 0 radical (unpaired) electrons. The molecule has 0 aliphatic carbocycles. The highest BCUT2D eigenvalue weighted by Gasteiger charge is 2.24. The summed E-state index contributed by atoms with van der Waals surface area (Å²) in [6.07, 6.45) is 0. The number of amides is 1. The van der Waals surface area contributed by atoms with Gasteiger partial charge in [-0.25, -0.2) is 4.39 Å². The van der Waals surface area contributed by atoms with Gasteiger partial charge in [-0.15, -0.1) is 11.3 Å². The van der Waals surface area contributed by atoms with E-state index in [4.69, 9.17) is 4.74 Å². The summed E-state index contributed by atoms with van der Waals surface area (Å²) in [4.78, 5) is 15.9. The van der Waals surface area contributed by atoms with Crippen molar-refractivity contribution < 1.29 is 13.9 Å². The number of hydrogen-bond donors (Lipinski definition) is 1. The Morgan fingerprint density at radius 1 is 1.10 bits per heavy atom. The average molecular weight is 411 g/mol. The Balaban J connectivity index is 1.52. The maximum Gasteiger partial charge on any atom is 0.262 e. The van der Waals surface area contributed by atoms with E-state index in [1.165, 1.54) is 17.4 Å². The van der Waals surface area contributed by atoms with Crippen LogP contribution in [0.3, 0.4) is 0 Å². The van der Waals surface area contributed by atoms with Crippen LogP contribution in [0.4, 0.5) is 4.39 Å². The van der Waals surface area contributed by atoms with E-state index in [2.05, 4.69) is 10.2 Å². The van der Waals surface area contributed by atoms with Crippen molar-refractivity contribution in [3.05, 3.63) is 82.3 Å². The molecule has 4 rings (SSSR count). The standard InChI is InChI=1S/C23H23FN2O2S/c24-19-8-4-7-18(15-19)21(26-10-12-28-13-11-26)16-25-23(27)22-20(9-14-29-22)17-5-2-1-3-6-17/h1-9,14-15,21H,10-13,16H2,(H,25,27). The van der Waals surface area contributed by atoms with Gasteiger partial charge < -0.3 is 10.1 Å². The van der Waals surface area contributed by atoms with E-state index in [1.807, 2.05) is 47.8 Å². The minimum Gasteiger partial charge on any atom is -0.379 e. The monoisotopic (exact) mass is 410 g/mol. The number of nitrogens with zero attached hydrogens (tertiary/aromatic N) is 1. The Morgan fingerprint density at radius 2 is 1.90 bits per heavy atom. The number of hydrogen-bond acceptors (Lipinski definition) is 4. The number of ether oxygens (including phenoxy) is 1. The van der Waals surface area contributed by atoms with E-state index in [9.17, 15) is 9.18 Å². The summed E-state index contributed by atoms with van der Waals surface area (Å²) in [5, 5.41) is 5.01. The van der Waals surface area contributed by atoms with Crippen LogP contribution < -0.4 is 5.32 Å². The van der Waals surface area contributed by atoms with E-state index in [0.717, 1.165) is 29.8 Å². The summed E-state index contributed by atoms with van der Waals surface area (Å²) >= 11 is 1.43. The first-order valence-electron chi connectivity index (χ1n) is 9.71. The molecular weight excluding hydrogens is 387 g/mol. The van der Waals surface area contributed by atoms with Crippen LogP contribution in [0.5, 0.6) is 0 Å². The Hall–Kier alpha value is -2.54. The number of rotatable bonds is 6. The van der Waals surface area contributed by atoms with E-state index in [-0.39, 0.29) is 17.8 Å². The second kappa shape index (κ2) is 9.31. The summed E-state index contributed by atoms with van der Waals surface area (Å²) in [6.45, 7) is 3.21. The van der Waals surface area contributed by atoms with Crippen LogP contribution in [0.2, 0.25) is 0 Å². The molecule has 0 saturated carbocycles. The van der Waals surface area contributed by atoms with Gasteiger partial charge in [-0.05, 0) is 34.7 Å². The lowest BCUT2D eigenvalue weighted by atomic mass is 10.0. The van der Waals surface area contributed by atoms with Gasteiger partial charge in [0.15, 0.2) is 0 Å². The van der Waals surface area contributed by atoms with Crippen molar-refractivity contribution >= 4 is 17.2 Å². The molecule has 1 N–H and O–H groups in total. The number of carbonyl (C=O) groups is 1. The molecule has 0 bridgehead atoms. The molecule has 1 unspecified atom stereocenters. The van der Waals surface area contributed by atoms with Gasteiger partial charge in [0.1, 0.15) is 5.82 Å². The van der Waals surface area contributed by atoms with Gasteiger partial charge in [-0.3, -0.25) is 9.69 Å². The molecule has 29 heavy (non-hydrogen) atoms. The highest BCUT2D eigenvalue weighted by Crippen LogP contribution is 2.28. The van der Waals surface area contributed by atoms with Crippen molar-refractivity contribution in [3.63, 3.8) is 0 Å². The second-order valence-electron chi connectivity index (χ2n) is 6.96. The van der Waals surface area contributed by atoms with E-state index in [1.54, 1.807) is 12.1 Å². The number of morpholine rings is 1. The highest BCUT2D eigenvalue weighted by molar-refractivity contribution is 7.12. The Bertz CT molecular complexity index is 954. The van der Waals surface area contributed by atoms with Crippen molar-refractivity contribution in [1.29, 1.82) is 0 Å². The molecule has 1 saturated heterocycles. The maximum absolute atomic E-state index is 13.8. The fraction of sp³-hybridized carbons (Fsp3) is 0.261. The van der Waals surface area contributed by atoms with Gasteiger partial charge in [-0.1, -0.05) is 42.5 Å². The van der Waals surface area contributed by atoms with Gasteiger partial charge in [0.2, 0.25) is 0 Å². The number of carbonyl (C=O) groups excluding carboxylic acids is 1. The van der Waals surface area contributed by atoms with E-state index in [0.29, 0.717) is 24.6 Å². The van der Waals surface area contributed by atoms with Crippen molar-refractivity contribution in [2.75, 3.05) is 32.8 Å². The fourth-order valence-electron chi connectivity index (χ4n) is 3.66. The lowest BCUT2D eigenvalue weighted by Crippen LogP contribution is -2.43. The van der Waals surface area contributed by atoms with Crippen molar-refractivity contribution in [3.8, 4) is 11.1 Å². The van der Waals surface area contributed by atoms with Crippen LogP contribution in [0.15, 0.2) is 66.0 Å². The quantitative estimate of drug-likeness (QED) is 0.657. The van der Waals surface area contributed by atoms with Crippen LogP contribution in [0, 0.1) is 5.82 Å². The zero-order valence-corrected chi connectivity index (χ0v) is 16.8. The topological polar surface area (TPSA) is 41.6 Å². The van der Waals surface area contributed by atoms with Crippen molar-refractivity contribution in [2.45, 2.75) is 6.04 Å². The minimum atomic E-state index is -0.267. The first-order valence-corrected chi connectivity index (χ1v) is 10.6. The molecule has 3 aromatic rings. The molecule has 1 aliphatic rings. The van der Waals surface area contributed by atoms with Crippen LogP contribution in [0.1, 0.15) is 21.3 Å². The Kier molecular flexibility index (Phi) is 6.34. The summed E-state index contributed by atoms with van der Waals surface area (Å²) in [7, 11) is 0. The third-order valence-electron chi connectivity index (χ3n) is 5.13. The molecule has 1 aromatic heterocycles. The first-order chi connectivity index (χ1) is 14.2. The Labute approximate surface area is 173 Å². The SMILES string of the molecule is O=C(NCC(c1cccc(F)c1)N1CCOCC1)c1sccc1-c1ccccc1. The van der Waals surface area contributed by atoms with Crippen LogP contribution in [-0.4, -0.2) is 43.7 Å².